The van der Waals surface area contributed by atoms with Crippen molar-refractivity contribution in [2.24, 2.45) is 0 Å². The number of rotatable bonds is 5. The summed E-state index contributed by atoms with van der Waals surface area (Å²) in [5.41, 5.74) is 4.48. The Morgan fingerprint density at radius 1 is 1.20 bits per heavy atom. The highest BCUT2D eigenvalue weighted by Gasteiger charge is 2.24. The number of benzene rings is 2. The predicted molar refractivity (Wildman–Crippen MR) is 115 cm³/mol. The molecule has 1 aromatic heterocycles. The van der Waals surface area contributed by atoms with Crippen molar-refractivity contribution in [1.29, 1.82) is 0 Å². The van der Waals surface area contributed by atoms with E-state index in [1.165, 1.54) is 0 Å². The van der Waals surface area contributed by atoms with Crippen LogP contribution in [0.25, 0.3) is 11.0 Å². The summed E-state index contributed by atoms with van der Waals surface area (Å²) in [7, 11) is 0. The van der Waals surface area contributed by atoms with E-state index in [0.29, 0.717) is 18.7 Å². The van der Waals surface area contributed by atoms with Crippen LogP contribution in [0.3, 0.4) is 0 Å². The van der Waals surface area contributed by atoms with E-state index in [4.69, 9.17) is 4.74 Å². The third-order valence-electron chi connectivity index (χ3n) is 5.77. The first-order chi connectivity index (χ1) is 14.5. The molecule has 1 aliphatic heterocycles. The molecule has 2 heterocycles. The van der Waals surface area contributed by atoms with Gasteiger partial charge in [0, 0.05) is 24.7 Å². The van der Waals surface area contributed by atoms with Gasteiger partial charge < -0.3 is 19.9 Å². The highest BCUT2D eigenvalue weighted by atomic mass is 16.5. The quantitative estimate of drug-likeness (QED) is 0.682. The lowest BCUT2D eigenvalue weighted by Crippen LogP contribution is -2.47. The number of nitrogens with one attached hydrogen (secondary N) is 2. The number of nitrogens with zero attached hydrogens (tertiary/aromatic N) is 2. The molecular formula is C23H26N4O3. The van der Waals surface area contributed by atoms with Gasteiger partial charge in [-0.2, -0.15) is 0 Å². The number of carbonyl (C=O) groups is 2. The van der Waals surface area contributed by atoms with Gasteiger partial charge in [-0.05, 0) is 62.1 Å². The fourth-order valence-corrected chi connectivity index (χ4v) is 3.73. The number of hydrogen-bond donors (Lipinski definition) is 2. The third-order valence-corrected chi connectivity index (χ3v) is 5.77. The lowest BCUT2D eigenvalue weighted by Gasteiger charge is -2.32. The number of hydrogen-bond acceptors (Lipinski definition) is 4. The topological polar surface area (TPSA) is 87.3 Å². The van der Waals surface area contributed by atoms with Crippen molar-refractivity contribution in [3.8, 4) is 5.75 Å². The number of H-pyrrole nitrogens is 1. The fraction of sp³-hybridized carbons (Fsp3) is 0.348. The van der Waals surface area contributed by atoms with Gasteiger partial charge in [0.05, 0.1) is 17.4 Å². The molecule has 0 aliphatic carbocycles. The summed E-state index contributed by atoms with van der Waals surface area (Å²) in [5, 5.41) is 3.08. The van der Waals surface area contributed by atoms with E-state index in [1.54, 1.807) is 18.5 Å². The van der Waals surface area contributed by atoms with Gasteiger partial charge in [0.1, 0.15) is 5.75 Å². The van der Waals surface area contributed by atoms with Crippen molar-refractivity contribution in [3.05, 3.63) is 59.4 Å². The Bertz CT molecular complexity index is 1070. The Labute approximate surface area is 175 Å². The van der Waals surface area contributed by atoms with Crippen LogP contribution in [-0.2, 0) is 4.79 Å². The van der Waals surface area contributed by atoms with Gasteiger partial charge in [-0.25, -0.2) is 4.98 Å². The number of fused-ring (bicyclic) bond motifs is 1. The molecule has 0 radical (unpaired) electrons. The van der Waals surface area contributed by atoms with Crippen molar-refractivity contribution in [1.82, 2.24) is 20.2 Å². The van der Waals surface area contributed by atoms with Crippen LogP contribution in [0.4, 0.5) is 0 Å². The van der Waals surface area contributed by atoms with Gasteiger partial charge in [0.2, 0.25) is 0 Å². The third kappa shape index (κ3) is 4.30. The molecule has 0 atom stereocenters. The monoisotopic (exact) mass is 406 g/mol. The van der Waals surface area contributed by atoms with Crippen molar-refractivity contribution >= 4 is 22.8 Å². The molecule has 2 amide bonds. The van der Waals surface area contributed by atoms with Crippen molar-refractivity contribution in [2.75, 3.05) is 19.7 Å². The first kappa shape index (κ1) is 19.9. The van der Waals surface area contributed by atoms with Gasteiger partial charge in [-0.1, -0.05) is 12.1 Å². The zero-order valence-electron chi connectivity index (χ0n) is 17.3. The maximum atomic E-state index is 12.6. The van der Waals surface area contributed by atoms with Crippen LogP contribution >= 0.6 is 0 Å². The maximum Gasteiger partial charge on any atom is 0.260 e. The van der Waals surface area contributed by atoms with E-state index in [-0.39, 0.29) is 24.5 Å². The second-order valence-corrected chi connectivity index (χ2v) is 7.75. The standard InChI is InChI=1S/C23H26N4O3/c1-15-4-3-5-21(16(15)2)30-13-22(28)27-10-8-18(9-11-27)26-23(29)17-6-7-19-20(12-17)25-14-24-19/h3-7,12,14,18H,8-11,13H2,1-2H3,(H,24,25)(H,26,29). The summed E-state index contributed by atoms with van der Waals surface area (Å²) in [6.45, 7) is 5.27. The summed E-state index contributed by atoms with van der Waals surface area (Å²) >= 11 is 0. The van der Waals surface area contributed by atoms with Gasteiger partial charge in [-0.3, -0.25) is 9.59 Å². The molecule has 0 spiro atoms. The number of amides is 2. The predicted octanol–water partition coefficient (Wildman–Crippen LogP) is 2.98. The van der Waals surface area contributed by atoms with Crippen LogP contribution in [0.15, 0.2) is 42.7 Å². The SMILES string of the molecule is Cc1cccc(OCC(=O)N2CCC(NC(=O)c3ccc4nc[nH]c4c3)CC2)c1C. The molecule has 0 saturated carbocycles. The first-order valence-corrected chi connectivity index (χ1v) is 10.2. The molecule has 0 unspecified atom stereocenters. The van der Waals surface area contributed by atoms with E-state index in [1.807, 2.05) is 43.0 Å². The van der Waals surface area contributed by atoms with Crippen LogP contribution in [0.2, 0.25) is 0 Å². The van der Waals surface area contributed by atoms with Crippen LogP contribution in [0, 0.1) is 13.8 Å². The Balaban J connectivity index is 1.26. The molecule has 1 fully saturated rings. The van der Waals surface area contributed by atoms with E-state index >= 15 is 0 Å². The lowest BCUT2D eigenvalue weighted by molar-refractivity contribution is -0.134. The summed E-state index contributed by atoms with van der Waals surface area (Å²) in [4.78, 5) is 34.1. The van der Waals surface area contributed by atoms with Gasteiger partial charge in [-0.15, -0.1) is 0 Å². The normalized spacial score (nSPS) is 14.7. The summed E-state index contributed by atoms with van der Waals surface area (Å²) in [6, 6.07) is 11.3. The summed E-state index contributed by atoms with van der Waals surface area (Å²) < 4.78 is 5.74. The Kier molecular flexibility index (Phi) is 5.70. The minimum absolute atomic E-state index is 0.0228. The highest BCUT2D eigenvalue weighted by molar-refractivity contribution is 5.97. The summed E-state index contributed by atoms with van der Waals surface area (Å²) in [5.74, 6) is 0.625. The maximum absolute atomic E-state index is 12.6. The first-order valence-electron chi connectivity index (χ1n) is 10.2. The zero-order chi connectivity index (χ0) is 21.1. The summed E-state index contributed by atoms with van der Waals surface area (Å²) in [6.07, 6.45) is 3.07. The number of imidazole rings is 1. The average Bonchev–Trinajstić information content (AvgIpc) is 3.23. The second-order valence-electron chi connectivity index (χ2n) is 7.75. The number of ether oxygens (including phenoxy) is 1. The smallest absolute Gasteiger partial charge is 0.260 e. The van der Waals surface area contributed by atoms with Crippen molar-refractivity contribution in [2.45, 2.75) is 32.7 Å². The molecule has 7 nitrogen and oxygen atoms in total. The molecular weight excluding hydrogens is 380 g/mol. The second kappa shape index (κ2) is 8.57. The molecule has 30 heavy (non-hydrogen) atoms. The Morgan fingerprint density at radius 2 is 2.00 bits per heavy atom. The zero-order valence-corrected chi connectivity index (χ0v) is 17.3. The Hall–Kier alpha value is -3.35. The molecule has 3 aromatic rings. The van der Waals surface area contributed by atoms with Crippen molar-refractivity contribution < 1.29 is 14.3 Å². The number of aryl methyl sites for hydroxylation is 1. The van der Waals surface area contributed by atoms with Gasteiger partial charge in [0.15, 0.2) is 6.61 Å². The molecule has 1 saturated heterocycles. The minimum Gasteiger partial charge on any atom is -0.483 e. The number of aromatic nitrogens is 2. The lowest BCUT2D eigenvalue weighted by atomic mass is 10.0. The van der Waals surface area contributed by atoms with Crippen LogP contribution in [0.1, 0.15) is 34.3 Å². The average molecular weight is 406 g/mol. The van der Waals surface area contributed by atoms with Gasteiger partial charge in [0.25, 0.3) is 11.8 Å². The van der Waals surface area contributed by atoms with E-state index in [2.05, 4.69) is 15.3 Å². The number of likely N-dealkylation sites (tertiary alicyclic amines) is 1. The van der Waals surface area contributed by atoms with Crippen molar-refractivity contribution in [3.63, 3.8) is 0 Å². The molecule has 2 aromatic carbocycles. The highest BCUT2D eigenvalue weighted by Crippen LogP contribution is 2.21. The molecule has 0 bridgehead atoms. The van der Waals surface area contributed by atoms with E-state index < -0.39 is 0 Å². The largest absolute Gasteiger partial charge is 0.483 e. The fourth-order valence-electron chi connectivity index (χ4n) is 3.73. The molecule has 7 heteroatoms. The van der Waals surface area contributed by atoms with Crippen LogP contribution in [-0.4, -0.2) is 52.4 Å². The number of carbonyl (C=O) groups excluding carboxylic acids is 2. The molecule has 1 aliphatic rings. The number of aromatic amines is 1. The minimum atomic E-state index is -0.102. The van der Waals surface area contributed by atoms with Gasteiger partial charge >= 0.3 is 0 Å². The van der Waals surface area contributed by atoms with Crippen LogP contribution < -0.4 is 10.1 Å². The number of piperidine rings is 1. The molecule has 4 rings (SSSR count). The van der Waals surface area contributed by atoms with E-state index in [9.17, 15) is 9.59 Å². The molecule has 156 valence electrons. The van der Waals surface area contributed by atoms with Crippen LogP contribution in [0.5, 0.6) is 5.75 Å². The molecule has 2 N–H and O–H groups in total. The van der Waals surface area contributed by atoms with E-state index in [0.717, 1.165) is 40.8 Å². The Morgan fingerprint density at radius 3 is 2.80 bits per heavy atom.